The van der Waals surface area contributed by atoms with Crippen LogP contribution in [-0.4, -0.2) is 34.3 Å². The van der Waals surface area contributed by atoms with Gasteiger partial charge in [-0.1, -0.05) is 42.5 Å². The minimum absolute atomic E-state index is 0.0965. The van der Waals surface area contributed by atoms with E-state index in [1.807, 2.05) is 66.7 Å². The lowest BCUT2D eigenvalue weighted by Gasteiger charge is -2.22. The molecule has 0 fully saturated rings. The van der Waals surface area contributed by atoms with Crippen LogP contribution in [0.2, 0.25) is 0 Å². The SMILES string of the molecule is COc1ccc(C(NC(=O)Cc2ccccc2)c2ccc(OC)c(OC)c2)cc1OC. The van der Waals surface area contributed by atoms with Crippen LogP contribution < -0.4 is 24.3 Å². The molecule has 0 bridgehead atoms. The van der Waals surface area contributed by atoms with Crippen molar-refractivity contribution >= 4 is 5.91 Å². The number of ether oxygens (including phenoxy) is 4. The van der Waals surface area contributed by atoms with Crippen molar-refractivity contribution in [1.82, 2.24) is 5.32 Å². The standard InChI is InChI=1S/C25H27NO5/c1-28-20-12-10-18(15-22(20)30-3)25(19-11-13-21(29-2)23(16-19)31-4)26-24(27)14-17-8-6-5-7-9-17/h5-13,15-16,25H,14H2,1-4H3,(H,26,27). The largest absolute Gasteiger partial charge is 0.493 e. The number of carbonyl (C=O) groups excluding carboxylic acids is 1. The molecule has 0 radical (unpaired) electrons. The lowest BCUT2D eigenvalue weighted by molar-refractivity contribution is -0.120. The molecule has 3 rings (SSSR count). The Morgan fingerprint density at radius 3 is 1.65 bits per heavy atom. The van der Waals surface area contributed by atoms with Crippen LogP contribution >= 0.6 is 0 Å². The van der Waals surface area contributed by atoms with Crippen LogP contribution in [0.25, 0.3) is 0 Å². The molecule has 0 aliphatic rings. The molecule has 6 heteroatoms. The Hall–Kier alpha value is -3.67. The molecule has 3 aromatic carbocycles. The second-order valence-corrected chi connectivity index (χ2v) is 6.89. The van der Waals surface area contributed by atoms with Crippen LogP contribution in [0.4, 0.5) is 0 Å². The van der Waals surface area contributed by atoms with Crippen molar-refractivity contribution in [1.29, 1.82) is 0 Å². The highest BCUT2D eigenvalue weighted by Gasteiger charge is 2.21. The number of methoxy groups -OCH3 is 4. The number of benzene rings is 3. The molecule has 0 aliphatic carbocycles. The number of amides is 1. The van der Waals surface area contributed by atoms with Crippen LogP contribution in [0, 0.1) is 0 Å². The Morgan fingerprint density at radius 1 is 0.710 bits per heavy atom. The van der Waals surface area contributed by atoms with Gasteiger partial charge in [-0.15, -0.1) is 0 Å². The van der Waals surface area contributed by atoms with E-state index in [4.69, 9.17) is 18.9 Å². The fraction of sp³-hybridized carbons (Fsp3) is 0.240. The van der Waals surface area contributed by atoms with Gasteiger partial charge in [0.25, 0.3) is 0 Å². The summed E-state index contributed by atoms with van der Waals surface area (Å²) in [6.45, 7) is 0. The molecule has 0 unspecified atom stereocenters. The monoisotopic (exact) mass is 421 g/mol. The average molecular weight is 421 g/mol. The van der Waals surface area contributed by atoms with Gasteiger partial charge in [0, 0.05) is 0 Å². The highest BCUT2D eigenvalue weighted by atomic mass is 16.5. The molecular formula is C25H27NO5. The van der Waals surface area contributed by atoms with Gasteiger partial charge in [-0.25, -0.2) is 0 Å². The minimum Gasteiger partial charge on any atom is -0.493 e. The van der Waals surface area contributed by atoms with Gasteiger partial charge in [0.1, 0.15) is 0 Å². The number of nitrogens with one attached hydrogen (secondary N) is 1. The first-order chi connectivity index (χ1) is 15.1. The molecule has 0 aliphatic heterocycles. The summed E-state index contributed by atoms with van der Waals surface area (Å²) in [5.41, 5.74) is 2.65. The topological polar surface area (TPSA) is 66.0 Å². The zero-order valence-electron chi connectivity index (χ0n) is 18.2. The highest BCUT2D eigenvalue weighted by Crippen LogP contribution is 2.35. The van der Waals surface area contributed by atoms with Gasteiger partial charge in [-0.3, -0.25) is 4.79 Å². The number of rotatable bonds is 9. The maximum Gasteiger partial charge on any atom is 0.225 e. The highest BCUT2D eigenvalue weighted by molar-refractivity contribution is 5.79. The fourth-order valence-electron chi connectivity index (χ4n) is 3.42. The number of carbonyl (C=O) groups is 1. The van der Waals surface area contributed by atoms with E-state index in [2.05, 4.69) is 5.32 Å². The van der Waals surface area contributed by atoms with Crippen molar-refractivity contribution in [2.75, 3.05) is 28.4 Å². The van der Waals surface area contributed by atoms with Gasteiger partial charge in [-0.05, 0) is 41.0 Å². The molecule has 3 aromatic rings. The van der Waals surface area contributed by atoms with Gasteiger partial charge in [0.15, 0.2) is 23.0 Å². The molecule has 162 valence electrons. The van der Waals surface area contributed by atoms with Crippen LogP contribution in [0.5, 0.6) is 23.0 Å². The molecule has 6 nitrogen and oxygen atoms in total. The third kappa shape index (κ3) is 5.28. The second kappa shape index (κ2) is 10.4. The molecule has 1 N–H and O–H groups in total. The number of hydrogen-bond acceptors (Lipinski definition) is 5. The van der Waals surface area contributed by atoms with Gasteiger partial charge in [0.05, 0.1) is 40.9 Å². The van der Waals surface area contributed by atoms with Crippen LogP contribution in [0.15, 0.2) is 66.7 Å². The summed E-state index contributed by atoms with van der Waals surface area (Å²) in [5, 5.41) is 3.14. The summed E-state index contributed by atoms with van der Waals surface area (Å²) in [5.74, 6) is 2.31. The molecule has 0 heterocycles. The predicted octanol–water partition coefficient (Wildman–Crippen LogP) is 4.17. The Balaban J connectivity index is 1.98. The van der Waals surface area contributed by atoms with Gasteiger partial charge in [0.2, 0.25) is 5.91 Å². The Morgan fingerprint density at radius 2 is 1.19 bits per heavy atom. The zero-order valence-corrected chi connectivity index (χ0v) is 18.2. The normalized spacial score (nSPS) is 10.5. The lowest BCUT2D eigenvalue weighted by Crippen LogP contribution is -2.30. The summed E-state index contributed by atoms with van der Waals surface area (Å²) in [4.78, 5) is 12.9. The second-order valence-electron chi connectivity index (χ2n) is 6.89. The molecule has 0 spiro atoms. The Kier molecular flexibility index (Phi) is 7.38. The first-order valence-corrected chi connectivity index (χ1v) is 9.86. The first kappa shape index (κ1) is 22.0. The quantitative estimate of drug-likeness (QED) is 0.562. The summed E-state index contributed by atoms with van der Waals surface area (Å²) in [6, 6.07) is 20.4. The van der Waals surface area contributed by atoms with E-state index in [0.29, 0.717) is 23.0 Å². The molecule has 0 saturated heterocycles. The fourth-order valence-corrected chi connectivity index (χ4v) is 3.42. The molecular weight excluding hydrogens is 394 g/mol. The minimum atomic E-state index is -0.421. The van der Waals surface area contributed by atoms with E-state index in [1.165, 1.54) is 0 Å². The van der Waals surface area contributed by atoms with Crippen LogP contribution in [-0.2, 0) is 11.2 Å². The van der Waals surface area contributed by atoms with E-state index in [1.54, 1.807) is 28.4 Å². The molecule has 31 heavy (non-hydrogen) atoms. The summed E-state index contributed by atoms with van der Waals surface area (Å²) >= 11 is 0. The van der Waals surface area contributed by atoms with E-state index < -0.39 is 6.04 Å². The van der Waals surface area contributed by atoms with Gasteiger partial charge >= 0.3 is 0 Å². The van der Waals surface area contributed by atoms with E-state index in [0.717, 1.165) is 16.7 Å². The van der Waals surface area contributed by atoms with Crippen LogP contribution in [0.3, 0.4) is 0 Å². The maximum atomic E-state index is 12.9. The van der Waals surface area contributed by atoms with Gasteiger partial charge < -0.3 is 24.3 Å². The van der Waals surface area contributed by atoms with Crippen molar-refractivity contribution in [3.05, 3.63) is 83.4 Å². The summed E-state index contributed by atoms with van der Waals surface area (Å²) in [7, 11) is 6.35. The average Bonchev–Trinajstić information content (AvgIpc) is 2.82. The van der Waals surface area contributed by atoms with E-state index >= 15 is 0 Å². The zero-order chi connectivity index (χ0) is 22.2. The number of hydrogen-bond donors (Lipinski definition) is 1. The third-order valence-corrected chi connectivity index (χ3v) is 4.99. The predicted molar refractivity (Wildman–Crippen MR) is 119 cm³/mol. The van der Waals surface area contributed by atoms with Gasteiger partial charge in [-0.2, -0.15) is 0 Å². The summed E-state index contributed by atoms with van der Waals surface area (Å²) < 4.78 is 21.6. The van der Waals surface area contributed by atoms with Crippen molar-refractivity contribution in [3.63, 3.8) is 0 Å². The molecule has 0 atom stereocenters. The molecule has 0 aromatic heterocycles. The van der Waals surface area contributed by atoms with Crippen molar-refractivity contribution in [3.8, 4) is 23.0 Å². The van der Waals surface area contributed by atoms with Crippen LogP contribution in [0.1, 0.15) is 22.7 Å². The van der Waals surface area contributed by atoms with Crippen molar-refractivity contribution < 1.29 is 23.7 Å². The third-order valence-electron chi connectivity index (χ3n) is 4.99. The summed E-state index contributed by atoms with van der Waals surface area (Å²) in [6.07, 6.45) is 0.276. The molecule has 0 saturated carbocycles. The molecule has 1 amide bonds. The van der Waals surface area contributed by atoms with Crippen molar-refractivity contribution in [2.45, 2.75) is 12.5 Å². The lowest BCUT2D eigenvalue weighted by atomic mass is 9.97. The first-order valence-electron chi connectivity index (χ1n) is 9.86. The van der Waals surface area contributed by atoms with E-state index in [9.17, 15) is 4.79 Å². The van der Waals surface area contributed by atoms with E-state index in [-0.39, 0.29) is 12.3 Å². The van der Waals surface area contributed by atoms with Crippen molar-refractivity contribution in [2.24, 2.45) is 0 Å². The Labute approximate surface area is 182 Å². The Bertz CT molecular complexity index is 964. The smallest absolute Gasteiger partial charge is 0.225 e. The maximum absolute atomic E-state index is 12.9.